The third kappa shape index (κ3) is 4.55. The van der Waals surface area contributed by atoms with Gasteiger partial charge in [-0.05, 0) is 24.1 Å². The minimum atomic E-state index is -0.868. The van der Waals surface area contributed by atoms with Crippen molar-refractivity contribution in [3.05, 3.63) is 35.6 Å². The van der Waals surface area contributed by atoms with Crippen LogP contribution < -0.4 is 0 Å². The van der Waals surface area contributed by atoms with Gasteiger partial charge in [0.05, 0.1) is 5.92 Å². The Labute approximate surface area is 101 Å². The highest BCUT2D eigenvalue weighted by molar-refractivity contribution is 5.75. The largest absolute Gasteiger partial charge is 0.481 e. The molecule has 0 saturated carbocycles. The maximum Gasteiger partial charge on any atom is 0.310 e. The molecule has 1 N–H and O–H groups in total. The average molecular weight is 238 g/mol. The van der Waals surface area contributed by atoms with Crippen molar-refractivity contribution in [3.8, 4) is 0 Å². The van der Waals surface area contributed by atoms with Gasteiger partial charge in [-0.3, -0.25) is 4.79 Å². The Hall–Kier alpha value is -1.38. The SMILES string of the molecule is CCCCCCC(C(=O)O)c1cccc(F)c1. The van der Waals surface area contributed by atoms with Crippen LogP contribution in [-0.4, -0.2) is 11.1 Å². The molecule has 0 aliphatic heterocycles. The van der Waals surface area contributed by atoms with Crippen LogP contribution in [0.25, 0.3) is 0 Å². The van der Waals surface area contributed by atoms with Crippen LogP contribution in [0.5, 0.6) is 0 Å². The van der Waals surface area contributed by atoms with Gasteiger partial charge in [0.2, 0.25) is 0 Å². The Morgan fingerprint density at radius 1 is 1.35 bits per heavy atom. The molecule has 0 aliphatic carbocycles. The van der Waals surface area contributed by atoms with Crippen LogP contribution in [0.4, 0.5) is 4.39 Å². The van der Waals surface area contributed by atoms with Gasteiger partial charge in [0.1, 0.15) is 5.82 Å². The van der Waals surface area contributed by atoms with Crippen LogP contribution in [0, 0.1) is 5.82 Å². The van der Waals surface area contributed by atoms with Crippen molar-refractivity contribution < 1.29 is 14.3 Å². The fourth-order valence-electron chi connectivity index (χ4n) is 1.93. The summed E-state index contributed by atoms with van der Waals surface area (Å²) in [6.45, 7) is 2.11. The van der Waals surface area contributed by atoms with Gasteiger partial charge in [-0.2, -0.15) is 0 Å². The summed E-state index contributed by atoms with van der Waals surface area (Å²) < 4.78 is 13.0. The third-order valence-electron chi connectivity index (χ3n) is 2.90. The van der Waals surface area contributed by atoms with E-state index in [4.69, 9.17) is 5.11 Å². The highest BCUT2D eigenvalue weighted by Gasteiger charge is 2.19. The number of benzene rings is 1. The predicted molar refractivity (Wildman–Crippen MR) is 65.5 cm³/mol. The van der Waals surface area contributed by atoms with Gasteiger partial charge >= 0.3 is 5.97 Å². The summed E-state index contributed by atoms with van der Waals surface area (Å²) >= 11 is 0. The number of aliphatic carboxylic acids is 1. The van der Waals surface area contributed by atoms with Crippen molar-refractivity contribution in [1.29, 1.82) is 0 Å². The van der Waals surface area contributed by atoms with E-state index in [1.807, 2.05) is 0 Å². The van der Waals surface area contributed by atoms with E-state index < -0.39 is 11.9 Å². The van der Waals surface area contributed by atoms with Gasteiger partial charge in [0.15, 0.2) is 0 Å². The minimum absolute atomic E-state index is 0.373. The van der Waals surface area contributed by atoms with Gasteiger partial charge in [-0.1, -0.05) is 44.7 Å². The molecule has 0 bridgehead atoms. The van der Waals surface area contributed by atoms with Crippen LogP contribution in [0.2, 0.25) is 0 Å². The third-order valence-corrected chi connectivity index (χ3v) is 2.90. The molecule has 0 saturated heterocycles. The zero-order valence-corrected chi connectivity index (χ0v) is 10.2. The molecule has 0 spiro atoms. The van der Waals surface area contributed by atoms with Crippen molar-refractivity contribution >= 4 is 5.97 Å². The molecule has 0 radical (unpaired) electrons. The lowest BCUT2D eigenvalue weighted by atomic mass is 9.93. The molecule has 1 aromatic carbocycles. The Morgan fingerprint density at radius 2 is 2.12 bits per heavy atom. The fourth-order valence-corrected chi connectivity index (χ4v) is 1.93. The van der Waals surface area contributed by atoms with Gasteiger partial charge in [0.25, 0.3) is 0 Å². The molecule has 17 heavy (non-hydrogen) atoms. The Kier molecular flexibility index (Phi) is 5.67. The van der Waals surface area contributed by atoms with Crippen LogP contribution in [-0.2, 0) is 4.79 Å². The smallest absolute Gasteiger partial charge is 0.310 e. The van der Waals surface area contributed by atoms with Crippen molar-refractivity contribution in [2.24, 2.45) is 0 Å². The molecule has 94 valence electrons. The van der Waals surface area contributed by atoms with Crippen LogP contribution in [0.3, 0.4) is 0 Å². The number of carbonyl (C=O) groups is 1. The molecule has 0 heterocycles. The van der Waals surface area contributed by atoms with Crippen molar-refractivity contribution in [1.82, 2.24) is 0 Å². The molecule has 0 aliphatic rings. The zero-order valence-electron chi connectivity index (χ0n) is 10.2. The Bertz CT molecular complexity index is 363. The van der Waals surface area contributed by atoms with Crippen LogP contribution >= 0.6 is 0 Å². The Morgan fingerprint density at radius 3 is 2.71 bits per heavy atom. The second-order valence-corrected chi connectivity index (χ2v) is 4.30. The average Bonchev–Trinajstić information content (AvgIpc) is 2.28. The second-order valence-electron chi connectivity index (χ2n) is 4.30. The van der Waals surface area contributed by atoms with Gasteiger partial charge in [-0.25, -0.2) is 4.39 Å². The molecule has 0 aromatic heterocycles. The lowest BCUT2D eigenvalue weighted by molar-refractivity contribution is -0.139. The Balaban J connectivity index is 2.63. The van der Waals surface area contributed by atoms with Crippen molar-refractivity contribution in [2.75, 3.05) is 0 Å². The molecule has 1 unspecified atom stereocenters. The number of rotatable bonds is 7. The molecule has 0 fully saturated rings. The fraction of sp³-hybridized carbons (Fsp3) is 0.500. The maximum absolute atomic E-state index is 13.0. The number of hydrogen-bond acceptors (Lipinski definition) is 1. The summed E-state index contributed by atoms with van der Waals surface area (Å²) in [5, 5.41) is 9.15. The summed E-state index contributed by atoms with van der Waals surface area (Å²) in [5.74, 6) is -1.82. The van der Waals surface area contributed by atoms with E-state index in [2.05, 4.69) is 6.92 Å². The lowest BCUT2D eigenvalue weighted by Crippen LogP contribution is -2.11. The van der Waals surface area contributed by atoms with E-state index in [1.54, 1.807) is 12.1 Å². The standard InChI is InChI=1S/C14H19FO2/c1-2-3-4-5-9-13(14(16)17)11-7-6-8-12(15)10-11/h6-8,10,13H,2-5,9H2,1H3,(H,16,17). The van der Waals surface area contributed by atoms with Gasteiger partial charge in [-0.15, -0.1) is 0 Å². The number of halogens is 1. The van der Waals surface area contributed by atoms with Crippen molar-refractivity contribution in [3.63, 3.8) is 0 Å². The van der Waals surface area contributed by atoms with E-state index in [1.165, 1.54) is 12.1 Å². The molecule has 1 atom stereocenters. The molecule has 3 heteroatoms. The first kappa shape index (κ1) is 13.7. The predicted octanol–water partition coefficient (Wildman–Crippen LogP) is 3.96. The van der Waals surface area contributed by atoms with Crippen LogP contribution in [0.1, 0.15) is 50.5 Å². The number of hydrogen-bond donors (Lipinski definition) is 1. The first-order chi connectivity index (χ1) is 8.15. The summed E-state index contributed by atoms with van der Waals surface area (Å²) in [4.78, 5) is 11.2. The number of unbranched alkanes of at least 4 members (excludes halogenated alkanes) is 3. The molecular weight excluding hydrogens is 219 g/mol. The first-order valence-electron chi connectivity index (χ1n) is 6.13. The van der Waals surface area contributed by atoms with Crippen molar-refractivity contribution in [2.45, 2.75) is 44.9 Å². The van der Waals surface area contributed by atoms with E-state index in [-0.39, 0.29) is 5.82 Å². The highest BCUT2D eigenvalue weighted by Crippen LogP contribution is 2.23. The highest BCUT2D eigenvalue weighted by atomic mass is 19.1. The maximum atomic E-state index is 13.0. The first-order valence-corrected chi connectivity index (χ1v) is 6.13. The summed E-state index contributed by atoms with van der Waals surface area (Å²) in [6, 6.07) is 5.90. The van der Waals surface area contributed by atoms with Gasteiger partial charge in [0, 0.05) is 0 Å². The number of carboxylic acid groups (broad SMARTS) is 1. The summed E-state index contributed by atoms with van der Waals surface area (Å²) in [7, 11) is 0. The molecule has 1 aromatic rings. The topological polar surface area (TPSA) is 37.3 Å². The number of carboxylic acids is 1. The molecule has 2 nitrogen and oxygen atoms in total. The van der Waals surface area contributed by atoms with E-state index in [0.717, 1.165) is 25.7 Å². The van der Waals surface area contributed by atoms with E-state index >= 15 is 0 Å². The van der Waals surface area contributed by atoms with E-state index in [0.29, 0.717) is 12.0 Å². The molecule has 0 amide bonds. The summed E-state index contributed by atoms with van der Waals surface area (Å²) in [5.41, 5.74) is 0.564. The van der Waals surface area contributed by atoms with Gasteiger partial charge < -0.3 is 5.11 Å². The molecular formula is C14H19FO2. The lowest BCUT2D eigenvalue weighted by Gasteiger charge is -2.12. The quantitative estimate of drug-likeness (QED) is 0.730. The minimum Gasteiger partial charge on any atom is -0.481 e. The second kappa shape index (κ2) is 7.05. The zero-order chi connectivity index (χ0) is 12.7. The monoisotopic (exact) mass is 238 g/mol. The van der Waals surface area contributed by atoms with Crippen LogP contribution in [0.15, 0.2) is 24.3 Å². The summed E-state index contributed by atoms with van der Waals surface area (Å²) in [6.07, 6.45) is 4.74. The van der Waals surface area contributed by atoms with E-state index in [9.17, 15) is 9.18 Å². The normalized spacial score (nSPS) is 12.4. The molecule has 1 rings (SSSR count).